The number of hydrogen-bond donors (Lipinski definition) is 1. The summed E-state index contributed by atoms with van der Waals surface area (Å²) in [5.41, 5.74) is 1.82. The average molecular weight is 305 g/mol. The van der Waals surface area contributed by atoms with E-state index in [1.165, 1.54) is 0 Å². The van der Waals surface area contributed by atoms with Crippen molar-refractivity contribution in [3.05, 3.63) is 28.3 Å². The average Bonchev–Trinajstić information content (AvgIpc) is 2.74. The zero-order valence-electron chi connectivity index (χ0n) is 12.1. The summed E-state index contributed by atoms with van der Waals surface area (Å²) in [5, 5.41) is 12.8. The summed E-state index contributed by atoms with van der Waals surface area (Å²) in [5.74, 6) is 0. The lowest BCUT2D eigenvalue weighted by Crippen LogP contribution is -2.58. The van der Waals surface area contributed by atoms with Crippen molar-refractivity contribution in [1.82, 2.24) is 10.2 Å². The fraction of sp³-hybridized carbons (Fsp3) is 0.467. The molecule has 21 heavy (non-hydrogen) atoms. The van der Waals surface area contributed by atoms with Gasteiger partial charge in [-0.2, -0.15) is 5.26 Å². The number of rotatable bonds is 1. The molecule has 2 saturated heterocycles. The summed E-state index contributed by atoms with van der Waals surface area (Å²) in [6.07, 6.45) is 0. The van der Waals surface area contributed by atoms with Crippen LogP contribution in [0.2, 0.25) is 5.02 Å². The second-order valence-electron chi connectivity index (χ2n) is 5.88. The van der Waals surface area contributed by atoms with Crippen molar-refractivity contribution in [3.8, 4) is 6.07 Å². The van der Waals surface area contributed by atoms with Crippen LogP contribution in [-0.2, 0) is 0 Å². The van der Waals surface area contributed by atoms with Gasteiger partial charge in [0.15, 0.2) is 0 Å². The summed E-state index contributed by atoms with van der Waals surface area (Å²) in [6, 6.07) is 5.57. The number of hydrogen-bond acceptors (Lipinski definition) is 3. The molecule has 2 aliphatic rings. The van der Waals surface area contributed by atoms with E-state index in [1.54, 1.807) is 11.0 Å². The minimum atomic E-state index is -0.192. The molecule has 0 aliphatic carbocycles. The van der Waals surface area contributed by atoms with Crippen molar-refractivity contribution < 1.29 is 4.79 Å². The van der Waals surface area contributed by atoms with Crippen molar-refractivity contribution in [2.24, 2.45) is 0 Å². The number of anilines is 1. The zero-order chi connectivity index (χ0) is 15.2. The molecule has 0 unspecified atom stereocenters. The Hall–Kier alpha value is -1.77. The molecule has 2 amide bonds. The molecule has 1 aromatic carbocycles. The monoisotopic (exact) mass is 304 g/mol. The lowest BCUT2D eigenvalue weighted by Gasteiger charge is -2.38. The van der Waals surface area contributed by atoms with Crippen LogP contribution in [0.3, 0.4) is 0 Å². The van der Waals surface area contributed by atoms with Gasteiger partial charge >= 0.3 is 6.03 Å². The number of carbonyl (C=O) groups is 1. The van der Waals surface area contributed by atoms with E-state index in [1.807, 2.05) is 17.9 Å². The SMILES string of the molecule is Cc1c(N2C[C@@]3(C)CNCCN3C2=O)ccc(C#N)c1Cl. The van der Waals surface area contributed by atoms with Crippen LogP contribution in [-0.4, -0.2) is 42.6 Å². The Morgan fingerprint density at radius 2 is 2.24 bits per heavy atom. The van der Waals surface area contributed by atoms with Crippen molar-refractivity contribution in [2.45, 2.75) is 19.4 Å². The lowest BCUT2D eigenvalue weighted by atomic mass is 9.99. The second kappa shape index (κ2) is 4.90. The van der Waals surface area contributed by atoms with Gasteiger partial charge in [0.1, 0.15) is 6.07 Å². The Kier molecular flexibility index (Phi) is 3.31. The van der Waals surface area contributed by atoms with Crippen LogP contribution in [0.4, 0.5) is 10.5 Å². The quantitative estimate of drug-likeness (QED) is 0.864. The zero-order valence-corrected chi connectivity index (χ0v) is 12.9. The molecule has 0 radical (unpaired) electrons. The number of carbonyl (C=O) groups excluding carboxylic acids is 1. The van der Waals surface area contributed by atoms with Gasteiger partial charge in [-0.15, -0.1) is 0 Å². The highest BCUT2D eigenvalue weighted by atomic mass is 35.5. The van der Waals surface area contributed by atoms with Gasteiger partial charge < -0.3 is 10.2 Å². The van der Waals surface area contributed by atoms with Gasteiger partial charge in [-0.25, -0.2) is 4.79 Å². The van der Waals surface area contributed by atoms with E-state index in [0.717, 1.165) is 30.9 Å². The van der Waals surface area contributed by atoms with Crippen LogP contribution >= 0.6 is 11.6 Å². The number of nitrogens with one attached hydrogen (secondary N) is 1. The predicted molar refractivity (Wildman–Crippen MR) is 81.6 cm³/mol. The van der Waals surface area contributed by atoms with Crippen molar-refractivity contribution in [2.75, 3.05) is 31.1 Å². The maximum atomic E-state index is 12.7. The highest BCUT2D eigenvalue weighted by Crippen LogP contribution is 2.36. The number of urea groups is 1. The van der Waals surface area contributed by atoms with Crippen LogP contribution in [0.1, 0.15) is 18.1 Å². The van der Waals surface area contributed by atoms with Gasteiger partial charge in [0.2, 0.25) is 0 Å². The van der Waals surface area contributed by atoms with Gasteiger partial charge in [0, 0.05) is 25.3 Å². The fourth-order valence-electron chi connectivity index (χ4n) is 3.18. The summed E-state index contributed by atoms with van der Waals surface area (Å²) in [7, 11) is 0. The van der Waals surface area contributed by atoms with Gasteiger partial charge in [-0.05, 0) is 31.5 Å². The summed E-state index contributed by atoms with van der Waals surface area (Å²) >= 11 is 6.23. The Morgan fingerprint density at radius 1 is 1.48 bits per heavy atom. The molecule has 6 heteroatoms. The third kappa shape index (κ3) is 2.06. The maximum absolute atomic E-state index is 12.7. The number of amides is 2. The number of fused-ring (bicyclic) bond motifs is 1. The van der Waals surface area contributed by atoms with Gasteiger partial charge in [0.05, 0.1) is 22.7 Å². The van der Waals surface area contributed by atoms with Gasteiger partial charge in [-0.3, -0.25) is 4.90 Å². The predicted octanol–water partition coefficient (Wildman–Crippen LogP) is 2.12. The highest BCUT2D eigenvalue weighted by molar-refractivity contribution is 6.33. The Balaban J connectivity index is 2.01. The highest BCUT2D eigenvalue weighted by Gasteiger charge is 2.48. The Morgan fingerprint density at radius 3 is 2.90 bits per heavy atom. The number of nitriles is 1. The minimum absolute atomic E-state index is 0.0166. The molecule has 110 valence electrons. The number of piperazine rings is 1. The summed E-state index contributed by atoms with van der Waals surface area (Å²) in [4.78, 5) is 16.4. The summed E-state index contributed by atoms with van der Waals surface area (Å²) in [6.45, 7) is 6.90. The smallest absolute Gasteiger partial charge is 0.315 e. The van der Waals surface area contributed by atoms with E-state index in [4.69, 9.17) is 16.9 Å². The molecule has 1 N–H and O–H groups in total. The van der Waals surface area contributed by atoms with Crippen molar-refractivity contribution in [3.63, 3.8) is 0 Å². The van der Waals surface area contributed by atoms with E-state index < -0.39 is 0 Å². The molecule has 0 spiro atoms. The molecule has 1 atom stereocenters. The normalized spacial score (nSPS) is 25.0. The first-order valence-electron chi connectivity index (χ1n) is 6.97. The minimum Gasteiger partial charge on any atom is -0.315 e. The number of halogens is 1. The topological polar surface area (TPSA) is 59.4 Å². The fourth-order valence-corrected chi connectivity index (χ4v) is 3.38. The number of nitrogens with zero attached hydrogens (tertiary/aromatic N) is 3. The largest absolute Gasteiger partial charge is 0.325 e. The van der Waals surface area contributed by atoms with Gasteiger partial charge in [-0.1, -0.05) is 11.6 Å². The van der Waals surface area contributed by atoms with E-state index in [-0.39, 0.29) is 11.6 Å². The molecular formula is C15H17ClN4O. The second-order valence-corrected chi connectivity index (χ2v) is 6.26. The van der Waals surface area contributed by atoms with Crippen molar-refractivity contribution in [1.29, 1.82) is 5.26 Å². The lowest BCUT2D eigenvalue weighted by molar-refractivity contribution is 0.143. The van der Waals surface area contributed by atoms with Gasteiger partial charge in [0.25, 0.3) is 0 Å². The molecule has 1 aromatic rings. The molecule has 2 heterocycles. The molecule has 0 bridgehead atoms. The third-order valence-electron chi connectivity index (χ3n) is 4.40. The van der Waals surface area contributed by atoms with E-state index in [0.29, 0.717) is 17.1 Å². The Bertz CT molecular complexity index is 654. The first-order chi connectivity index (χ1) is 9.98. The first kappa shape index (κ1) is 14.2. The first-order valence-corrected chi connectivity index (χ1v) is 7.35. The maximum Gasteiger partial charge on any atom is 0.325 e. The molecule has 3 rings (SSSR count). The molecule has 2 aliphatic heterocycles. The molecule has 0 saturated carbocycles. The molecular weight excluding hydrogens is 288 g/mol. The summed E-state index contributed by atoms with van der Waals surface area (Å²) < 4.78 is 0. The van der Waals surface area contributed by atoms with E-state index >= 15 is 0 Å². The number of benzene rings is 1. The van der Waals surface area contributed by atoms with Crippen LogP contribution in [0.5, 0.6) is 0 Å². The molecule has 2 fully saturated rings. The third-order valence-corrected chi connectivity index (χ3v) is 4.89. The van der Waals surface area contributed by atoms with Crippen LogP contribution in [0, 0.1) is 18.3 Å². The van der Waals surface area contributed by atoms with E-state index in [9.17, 15) is 4.79 Å². The van der Waals surface area contributed by atoms with Crippen LogP contribution in [0.15, 0.2) is 12.1 Å². The van der Waals surface area contributed by atoms with Crippen molar-refractivity contribution >= 4 is 23.3 Å². The van der Waals surface area contributed by atoms with Crippen LogP contribution < -0.4 is 10.2 Å². The van der Waals surface area contributed by atoms with E-state index in [2.05, 4.69) is 18.3 Å². The molecule has 0 aromatic heterocycles. The standard InChI is InChI=1S/C15H17ClN4O/c1-10-12(4-3-11(7-17)13(10)16)19-9-15(2)8-18-5-6-20(15)14(19)21/h3-4,18H,5-6,8-9H2,1-2H3/t15-/m1/s1. The Labute approximate surface area is 129 Å². The molecule has 5 nitrogen and oxygen atoms in total. The van der Waals surface area contributed by atoms with Crippen LogP contribution in [0.25, 0.3) is 0 Å².